The van der Waals surface area contributed by atoms with E-state index in [-0.39, 0.29) is 5.91 Å². The normalized spacial score (nSPS) is 14.7. The van der Waals surface area contributed by atoms with E-state index in [0.29, 0.717) is 18.3 Å². The first-order chi connectivity index (χ1) is 14.2. The van der Waals surface area contributed by atoms with Gasteiger partial charge in [0.25, 0.3) is 0 Å². The number of benzene rings is 1. The van der Waals surface area contributed by atoms with Gasteiger partial charge in [0.2, 0.25) is 5.91 Å². The summed E-state index contributed by atoms with van der Waals surface area (Å²) in [4.78, 5) is 28.6. The molecule has 0 spiro atoms. The van der Waals surface area contributed by atoms with E-state index in [1.54, 1.807) is 24.6 Å². The predicted octanol–water partition coefficient (Wildman–Crippen LogP) is 3.27. The maximum Gasteiger partial charge on any atom is 0.236 e. The summed E-state index contributed by atoms with van der Waals surface area (Å²) in [5.41, 5.74) is 2.12. The van der Waals surface area contributed by atoms with Crippen LogP contribution in [0.5, 0.6) is 0 Å². The number of thiazole rings is 1. The molecule has 0 unspecified atom stereocenters. The van der Waals surface area contributed by atoms with E-state index in [4.69, 9.17) is 4.98 Å². The fraction of sp³-hybridized carbons (Fsp3) is 0.333. The molecule has 7 nitrogen and oxygen atoms in total. The average molecular weight is 409 g/mol. The number of carbonyl (C=O) groups excluding carboxylic acids is 1. The number of aromatic nitrogens is 3. The SMILES string of the molecule is CNCC(=O)N1CCC(c2cncc(Nc3ncc(-c4ccccc4)s3)n2)CC1. The maximum absolute atomic E-state index is 12.0. The highest BCUT2D eigenvalue weighted by Crippen LogP contribution is 2.31. The highest BCUT2D eigenvalue weighted by atomic mass is 32.1. The van der Waals surface area contributed by atoms with E-state index in [9.17, 15) is 4.79 Å². The van der Waals surface area contributed by atoms with Crippen molar-refractivity contribution in [3.63, 3.8) is 0 Å². The third kappa shape index (κ3) is 4.78. The number of nitrogens with one attached hydrogen (secondary N) is 2. The second kappa shape index (κ2) is 9.11. The Bertz CT molecular complexity index is 953. The van der Waals surface area contributed by atoms with Crippen LogP contribution in [0.1, 0.15) is 24.5 Å². The molecule has 0 atom stereocenters. The Kier molecular flexibility index (Phi) is 6.12. The summed E-state index contributed by atoms with van der Waals surface area (Å²) in [6.45, 7) is 1.91. The highest BCUT2D eigenvalue weighted by Gasteiger charge is 2.24. The molecule has 1 saturated heterocycles. The van der Waals surface area contributed by atoms with Crippen molar-refractivity contribution < 1.29 is 4.79 Å². The van der Waals surface area contributed by atoms with Gasteiger partial charge in [0.15, 0.2) is 10.9 Å². The molecule has 150 valence electrons. The van der Waals surface area contributed by atoms with Gasteiger partial charge in [-0.3, -0.25) is 9.78 Å². The van der Waals surface area contributed by atoms with E-state index in [0.717, 1.165) is 47.2 Å². The zero-order chi connectivity index (χ0) is 20.1. The lowest BCUT2D eigenvalue weighted by atomic mass is 9.94. The van der Waals surface area contributed by atoms with Crippen LogP contribution in [0.3, 0.4) is 0 Å². The third-order valence-corrected chi connectivity index (χ3v) is 6.01. The number of likely N-dealkylation sites (N-methyl/N-ethyl adjacent to an activating group) is 1. The van der Waals surface area contributed by atoms with Crippen molar-refractivity contribution in [2.75, 3.05) is 32.0 Å². The minimum absolute atomic E-state index is 0.158. The number of rotatable bonds is 6. The number of amides is 1. The number of nitrogens with zero attached hydrogens (tertiary/aromatic N) is 4. The lowest BCUT2D eigenvalue weighted by Gasteiger charge is -2.31. The van der Waals surface area contributed by atoms with Crippen LogP contribution in [-0.4, -0.2) is 52.4 Å². The van der Waals surface area contributed by atoms with Crippen LogP contribution in [0.25, 0.3) is 10.4 Å². The van der Waals surface area contributed by atoms with Gasteiger partial charge in [-0.05, 0) is 25.5 Å². The van der Waals surface area contributed by atoms with E-state index < -0.39 is 0 Å². The molecule has 2 N–H and O–H groups in total. The molecule has 29 heavy (non-hydrogen) atoms. The zero-order valence-electron chi connectivity index (χ0n) is 16.3. The molecule has 3 aromatic rings. The van der Waals surface area contributed by atoms with Gasteiger partial charge in [0.05, 0.1) is 23.3 Å². The molecule has 0 bridgehead atoms. The molecule has 1 aromatic carbocycles. The molecule has 4 rings (SSSR count). The third-order valence-electron chi connectivity index (χ3n) is 5.05. The summed E-state index contributed by atoms with van der Waals surface area (Å²) in [5.74, 6) is 1.18. The van der Waals surface area contributed by atoms with Gasteiger partial charge >= 0.3 is 0 Å². The summed E-state index contributed by atoms with van der Waals surface area (Å²) in [6, 6.07) is 10.2. The van der Waals surface area contributed by atoms with Crippen LogP contribution in [0.4, 0.5) is 10.9 Å². The summed E-state index contributed by atoms with van der Waals surface area (Å²) in [7, 11) is 1.80. The molecule has 2 aromatic heterocycles. The van der Waals surface area contributed by atoms with E-state index in [2.05, 4.69) is 32.7 Å². The van der Waals surface area contributed by atoms with Crippen molar-refractivity contribution in [2.45, 2.75) is 18.8 Å². The molecule has 8 heteroatoms. The number of anilines is 2. The van der Waals surface area contributed by atoms with Crippen LogP contribution in [0.15, 0.2) is 48.9 Å². The van der Waals surface area contributed by atoms with Crippen molar-refractivity contribution in [3.8, 4) is 10.4 Å². The van der Waals surface area contributed by atoms with Crippen LogP contribution < -0.4 is 10.6 Å². The molecule has 0 radical (unpaired) electrons. The van der Waals surface area contributed by atoms with Gasteiger partial charge in [-0.25, -0.2) is 9.97 Å². The van der Waals surface area contributed by atoms with Gasteiger partial charge in [-0.15, -0.1) is 0 Å². The fourth-order valence-electron chi connectivity index (χ4n) is 3.50. The highest BCUT2D eigenvalue weighted by molar-refractivity contribution is 7.18. The smallest absolute Gasteiger partial charge is 0.236 e. The van der Waals surface area contributed by atoms with Gasteiger partial charge in [-0.2, -0.15) is 0 Å². The minimum atomic E-state index is 0.158. The van der Waals surface area contributed by atoms with Crippen molar-refractivity contribution in [1.29, 1.82) is 0 Å². The van der Waals surface area contributed by atoms with Crippen LogP contribution in [0.2, 0.25) is 0 Å². The standard InChI is InChI=1S/C21H24N6OS/c1-22-14-20(28)27-9-7-15(8-10-27)17-11-23-13-19(25-17)26-21-24-12-18(29-21)16-5-3-2-4-6-16/h2-6,11-13,15,22H,7-10,14H2,1H3,(H,24,25,26). The van der Waals surface area contributed by atoms with Crippen molar-refractivity contribution in [2.24, 2.45) is 0 Å². The monoisotopic (exact) mass is 408 g/mol. The summed E-state index contributed by atoms with van der Waals surface area (Å²) >= 11 is 1.59. The first kappa shape index (κ1) is 19.5. The molecule has 0 aliphatic carbocycles. The second-order valence-electron chi connectivity index (χ2n) is 7.04. The molecular weight excluding hydrogens is 384 g/mol. The molecule has 1 amide bonds. The van der Waals surface area contributed by atoms with E-state index in [1.165, 1.54) is 0 Å². The van der Waals surface area contributed by atoms with Crippen molar-refractivity contribution >= 4 is 28.2 Å². The lowest BCUT2D eigenvalue weighted by molar-refractivity contribution is -0.131. The van der Waals surface area contributed by atoms with Crippen molar-refractivity contribution in [3.05, 3.63) is 54.6 Å². The van der Waals surface area contributed by atoms with E-state index in [1.807, 2.05) is 35.5 Å². The summed E-state index contributed by atoms with van der Waals surface area (Å²) in [5, 5.41) is 7.00. The van der Waals surface area contributed by atoms with Crippen LogP contribution in [0, 0.1) is 0 Å². The Morgan fingerprint density at radius 1 is 1.17 bits per heavy atom. The lowest BCUT2D eigenvalue weighted by Crippen LogP contribution is -2.42. The van der Waals surface area contributed by atoms with Gasteiger partial charge in [-0.1, -0.05) is 41.7 Å². The second-order valence-corrected chi connectivity index (χ2v) is 8.07. The number of piperidine rings is 1. The van der Waals surface area contributed by atoms with Gasteiger partial charge < -0.3 is 15.5 Å². The Hall–Kier alpha value is -2.84. The molecule has 1 aliphatic heterocycles. The predicted molar refractivity (Wildman–Crippen MR) is 115 cm³/mol. The Labute approximate surface area is 174 Å². The van der Waals surface area contributed by atoms with Crippen LogP contribution in [-0.2, 0) is 4.79 Å². The average Bonchev–Trinajstić information content (AvgIpc) is 3.23. The topological polar surface area (TPSA) is 83.0 Å². The molecular formula is C21H24N6OS. The first-order valence-electron chi connectivity index (χ1n) is 9.75. The number of likely N-dealkylation sites (tertiary alicyclic amines) is 1. The zero-order valence-corrected chi connectivity index (χ0v) is 17.2. The van der Waals surface area contributed by atoms with Crippen LogP contribution >= 0.6 is 11.3 Å². The largest absolute Gasteiger partial charge is 0.342 e. The Morgan fingerprint density at radius 3 is 2.72 bits per heavy atom. The molecule has 1 fully saturated rings. The molecule has 0 saturated carbocycles. The molecule has 1 aliphatic rings. The quantitative estimate of drug-likeness (QED) is 0.651. The fourth-order valence-corrected chi connectivity index (χ4v) is 4.33. The number of hydrogen-bond acceptors (Lipinski definition) is 7. The summed E-state index contributed by atoms with van der Waals surface area (Å²) in [6.07, 6.45) is 7.24. The van der Waals surface area contributed by atoms with E-state index >= 15 is 0 Å². The number of carbonyl (C=O) groups is 1. The number of hydrogen-bond donors (Lipinski definition) is 2. The Balaban J connectivity index is 1.40. The molecule has 3 heterocycles. The summed E-state index contributed by atoms with van der Waals surface area (Å²) < 4.78 is 0. The van der Waals surface area contributed by atoms with Gasteiger partial charge in [0, 0.05) is 31.4 Å². The Morgan fingerprint density at radius 2 is 1.97 bits per heavy atom. The van der Waals surface area contributed by atoms with Gasteiger partial charge in [0.1, 0.15) is 0 Å². The maximum atomic E-state index is 12.0. The first-order valence-corrected chi connectivity index (χ1v) is 10.6. The minimum Gasteiger partial charge on any atom is -0.342 e. The van der Waals surface area contributed by atoms with Crippen molar-refractivity contribution in [1.82, 2.24) is 25.2 Å².